The lowest BCUT2D eigenvalue weighted by molar-refractivity contribution is 0.414. The molecule has 0 aromatic heterocycles. The summed E-state index contributed by atoms with van der Waals surface area (Å²) in [5.74, 6) is 0.874. The Bertz CT molecular complexity index is 565. The van der Waals surface area contributed by atoms with Crippen LogP contribution in [0.15, 0.2) is 42.5 Å². The summed E-state index contributed by atoms with van der Waals surface area (Å²) in [5.41, 5.74) is 11.1. The van der Waals surface area contributed by atoms with E-state index in [4.69, 9.17) is 10.5 Å². The highest BCUT2D eigenvalue weighted by atomic mass is 16.5. The minimum atomic E-state index is -0.370. The van der Waals surface area contributed by atoms with E-state index < -0.39 is 0 Å². The lowest BCUT2D eigenvalue weighted by Crippen LogP contribution is -2.35. The second-order valence-corrected chi connectivity index (χ2v) is 5.82. The van der Waals surface area contributed by atoms with Crippen LogP contribution >= 0.6 is 0 Å². The molecule has 2 rings (SSSR count). The van der Waals surface area contributed by atoms with Crippen LogP contribution in [0, 0.1) is 13.8 Å². The lowest BCUT2D eigenvalue weighted by atomic mass is 9.85. The van der Waals surface area contributed by atoms with Crippen LogP contribution in [0.2, 0.25) is 0 Å². The molecule has 0 bridgehead atoms. The fourth-order valence-electron chi connectivity index (χ4n) is 2.57. The van der Waals surface area contributed by atoms with Gasteiger partial charge in [0.2, 0.25) is 0 Å². The Morgan fingerprint density at radius 1 is 1.00 bits per heavy atom. The quantitative estimate of drug-likeness (QED) is 0.918. The van der Waals surface area contributed by atoms with Crippen molar-refractivity contribution >= 4 is 0 Å². The zero-order chi connectivity index (χ0) is 14.8. The van der Waals surface area contributed by atoms with Crippen LogP contribution in [0.4, 0.5) is 0 Å². The zero-order valence-electron chi connectivity index (χ0n) is 12.7. The third kappa shape index (κ3) is 3.40. The van der Waals surface area contributed by atoms with Gasteiger partial charge in [-0.3, -0.25) is 0 Å². The van der Waals surface area contributed by atoms with Gasteiger partial charge in [-0.05, 0) is 50.5 Å². The Morgan fingerprint density at radius 2 is 1.55 bits per heavy atom. The van der Waals surface area contributed by atoms with E-state index in [0.29, 0.717) is 0 Å². The molecule has 1 unspecified atom stereocenters. The molecule has 0 radical (unpaired) electrons. The van der Waals surface area contributed by atoms with Gasteiger partial charge < -0.3 is 10.5 Å². The van der Waals surface area contributed by atoms with Gasteiger partial charge in [0.25, 0.3) is 0 Å². The predicted octanol–water partition coefficient (Wildman–Crippen LogP) is 3.73. The Kier molecular flexibility index (Phi) is 4.15. The smallest absolute Gasteiger partial charge is 0.118 e. The summed E-state index contributed by atoms with van der Waals surface area (Å²) >= 11 is 0. The highest BCUT2D eigenvalue weighted by molar-refractivity contribution is 5.35. The van der Waals surface area contributed by atoms with Crippen LogP contribution in [-0.4, -0.2) is 7.11 Å². The normalized spacial score (nSPS) is 13.8. The molecule has 106 valence electrons. The maximum absolute atomic E-state index is 6.55. The summed E-state index contributed by atoms with van der Waals surface area (Å²) in [7, 11) is 1.68. The summed E-state index contributed by atoms with van der Waals surface area (Å²) < 4.78 is 5.18. The van der Waals surface area contributed by atoms with E-state index in [1.165, 1.54) is 22.3 Å². The molecule has 20 heavy (non-hydrogen) atoms. The van der Waals surface area contributed by atoms with E-state index in [2.05, 4.69) is 51.1 Å². The van der Waals surface area contributed by atoms with Crippen LogP contribution in [0.5, 0.6) is 5.75 Å². The molecule has 0 amide bonds. The number of hydrogen-bond acceptors (Lipinski definition) is 2. The number of benzene rings is 2. The van der Waals surface area contributed by atoms with Crippen molar-refractivity contribution in [1.29, 1.82) is 0 Å². The number of methoxy groups -OCH3 is 1. The van der Waals surface area contributed by atoms with Crippen molar-refractivity contribution in [3.8, 4) is 5.75 Å². The van der Waals surface area contributed by atoms with Gasteiger partial charge in [0.1, 0.15) is 5.75 Å². The van der Waals surface area contributed by atoms with E-state index in [9.17, 15) is 0 Å². The average Bonchev–Trinajstić information content (AvgIpc) is 2.38. The van der Waals surface area contributed by atoms with Crippen LogP contribution in [0.1, 0.15) is 29.2 Å². The van der Waals surface area contributed by atoms with Crippen molar-refractivity contribution in [2.75, 3.05) is 7.11 Å². The van der Waals surface area contributed by atoms with Crippen LogP contribution in [-0.2, 0) is 12.0 Å². The molecule has 2 aromatic rings. The molecule has 0 aliphatic rings. The zero-order valence-corrected chi connectivity index (χ0v) is 12.7. The van der Waals surface area contributed by atoms with Gasteiger partial charge in [0.15, 0.2) is 0 Å². The molecule has 2 N–H and O–H groups in total. The first-order valence-electron chi connectivity index (χ1n) is 6.91. The molecule has 0 aliphatic carbocycles. The summed E-state index contributed by atoms with van der Waals surface area (Å²) in [6, 6.07) is 14.6. The number of hydrogen-bond donors (Lipinski definition) is 1. The van der Waals surface area contributed by atoms with Crippen molar-refractivity contribution < 1.29 is 4.74 Å². The first kappa shape index (κ1) is 14.6. The molecular weight excluding hydrogens is 246 g/mol. The Hall–Kier alpha value is -1.80. The lowest BCUT2D eigenvalue weighted by Gasteiger charge is -2.26. The summed E-state index contributed by atoms with van der Waals surface area (Å²) in [6.07, 6.45) is 0.805. The van der Waals surface area contributed by atoms with Crippen molar-refractivity contribution in [2.45, 2.75) is 32.7 Å². The number of rotatable bonds is 4. The fraction of sp³-hybridized carbons (Fsp3) is 0.333. The summed E-state index contributed by atoms with van der Waals surface area (Å²) in [6.45, 7) is 6.31. The second kappa shape index (κ2) is 5.68. The molecule has 0 heterocycles. The highest BCUT2D eigenvalue weighted by Gasteiger charge is 2.22. The molecule has 0 aliphatic heterocycles. The van der Waals surface area contributed by atoms with E-state index in [1.54, 1.807) is 7.11 Å². The van der Waals surface area contributed by atoms with Gasteiger partial charge in [0, 0.05) is 5.54 Å². The standard InChI is InChI=1S/C18H23NO/c1-13-9-14(2)11-16(10-13)18(3,19)12-15-5-7-17(20-4)8-6-15/h5-11H,12,19H2,1-4H3. The molecule has 2 nitrogen and oxygen atoms in total. The molecule has 0 saturated carbocycles. The van der Waals surface area contributed by atoms with Crippen molar-refractivity contribution in [3.05, 3.63) is 64.7 Å². The SMILES string of the molecule is COc1ccc(CC(C)(N)c2cc(C)cc(C)c2)cc1. The molecule has 0 saturated heterocycles. The maximum Gasteiger partial charge on any atom is 0.118 e. The second-order valence-electron chi connectivity index (χ2n) is 5.82. The minimum absolute atomic E-state index is 0.370. The maximum atomic E-state index is 6.55. The molecule has 2 aromatic carbocycles. The third-order valence-electron chi connectivity index (χ3n) is 3.61. The first-order valence-corrected chi connectivity index (χ1v) is 6.91. The van der Waals surface area contributed by atoms with Crippen molar-refractivity contribution in [3.63, 3.8) is 0 Å². The van der Waals surface area contributed by atoms with Gasteiger partial charge in [0.05, 0.1) is 7.11 Å². The van der Waals surface area contributed by atoms with Crippen molar-refractivity contribution in [2.24, 2.45) is 5.73 Å². The van der Waals surface area contributed by atoms with Gasteiger partial charge in [-0.1, -0.05) is 41.5 Å². The van der Waals surface area contributed by atoms with Gasteiger partial charge in [-0.2, -0.15) is 0 Å². The van der Waals surface area contributed by atoms with Crippen LogP contribution < -0.4 is 10.5 Å². The van der Waals surface area contributed by atoms with Crippen LogP contribution in [0.25, 0.3) is 0 Å². The van der Waals surface area contributed by atoms with Gasteiger partial charge >= 0.3 is 0 Å². The topological polar surface area (TPSA) is 35.2 Å². The van der Waals surface area contributed by atoms with Gasteiger partial charge in [-0.15, -0.1) is 0 Å². The first-order chi connectivity index (χ1) is 9.40. The summed E-state index contributed by atoms with van der Waals surface area (Å²) in [4.78, 5) is 0. The monoisotopic (exact) mass is 269 g/mol. The number of aryl methyl sites for hydroxylation is 2. The minimum Gasteiger partial charge on any atom is -0.497 e. The molecule has 2 heteroatoms. The van der Waals surface area contributed by atoms with E-state index in [0.717, 1.165) is 12.2 Å². The summed E-state index contributed by atoms with van der Waals surface area (Å²) in [5, 5.41) is 0. The van der Waals surface area contributed by atoms with Crippen LogP contribution in [0.3, 0.4) is 0 Å². The van der Waals surface area contributed by atoms with Crippen molar-refractivity contribution in [1.82, 2.24) is 0 Å². The number of nitrogens with two attached hydrogens (primary N) is 1. The Balaban J connectivity index is 2.24. The molecule has 0 fully saturated rings. The third-order valence-corrected chi connectivity index (χ3v) is 3.61. The largest absolute Gasteiger partial charge is 0.497 e. The fourth-order valence-corrected chi connectivity index (χ4v) is 2.57. The van der Waals surface area contributed by atoms with E-state index >= 15 is 0 Å². The average molecular weight is 269 g/mol. The Labute approximate surface area is 121 Å². The van der Waals surface area contributed by atoms with Gasteiger partial charge in [-0.25, -0.2) is 0 Å². The number of ether oxygens (including phenoxy) is 1. The molecule has 0 spiro atoms. The molecule has 1 atom stereocenters. The Morgan fingerprint density at radius 3 is 2.05 bits per heavy atom. The molecular formula is C18H23NO. The predicted molar refractivity (Wildman–Crippen MR) is 84.2 cm³/mol. The van der Waals surface area contributed by atoms with E-state index in [1.807, 2.05) is 12.1 Å². The highest BCUT2D eigenvalue weighted by Crippen LogP contribution is 2.25. The van der Waals surface area contributed by atoms with E-state index in [-0.39, 0.29) is 5.54 Å².